The zero-order valence-electron chi connectivity index (χ0n) is 18.0. The van der Waals surface area contributed by atoms with Gasteiger partial charge in [-0.2, -0.15) is 13.2 Å². The number of nitrogens with zero attached hydrogens (tertiary/aromatic N) is 3. The van der Waals surface area contributed by atoms with E-state index in [4.69, 9.17) is 4.98 Å². The molecule has 8 heteroatoms. The van der Waals surface area contributed by atoms with Crippen molar-refractivity contribution in [1.29, 1.82) is 0 Å². The fourth-order valence-electron chi connectivity index (χ4n) is 4.57. The molecular formula is C25H24F3N3OS. The summed E-state index contributed by atoms with van der Waals surface area (Å²) in [6.45, 7) is 3.40. The summed E-state index contributed by atoms with van der Waals surface area (Å²) in [5, 5.41) is 3.07. The maximum atomic E-state index is 13.3. The Kier molecular flexibility index (Phi) is 5.97. The van der Waals surface area contributed by atoms with E-state index in [9.17, 15) is 18.0 Å². The van der Waals surface area contributed by atoms with Crippen LogP contribution >= 0.6 is 11.3 Å². The molecule has 2 heterocycles. The average molecular weight is 472 g/mol. The summed E-state index contributed by atoms with van der Waals surface area (Å²) >= 11 is 1.63. The quantitative estimate of drug-likeness (QED) is 0.508. The summed E-state index contributed by atoms with van der Waals surface area (Å²) in [5.41, 5.74) is 1.76. The van der Waals surface area contributed by atoms with Crippen molar-refractivity contribution >= 4 is 17.2 Å². The Morgan fingerprint density at radius 1 is 1.00 bits per heavy atom. The van der Waals surface area contributed by atoms with E-state index >= 15 is 0 Å². The van der Waals surface area contributed by atoms with E-state index in [1.54, 1.807) is 17.4 Å². The first-order valence-electron chi connectivity index (χ1n) is 11.1. The van der Waals surface area contributed by atoms with Gasteiger partial charge in [-0.15, -0.1) is 11.3 Å². The van der Waals surface area contributed by atoms with Crippen molar-refractivity contribution in [3.8, 4) is 10.6 Å². The summed E-state index contributed by atoms with van der Waals surface area (Å²) in [6, 6.07) is 15.7. The zero-order chi connectivity index (χ0) is 23.0. The third-order valence-electron chi connectivity index (χ3n) is 6.42. The van der Waals surface area contributed by atoms with Crippen LogP contribution in [0.15, 0.2) is 60.0 Å². The Morgan fingerprint density at radius 2 is 1.70 bits per heavy atom. The highest BCUT2D eigenvalue weighted by Gasteiger charge is 2.49. The predicted molar refractivity (Wildman–Crippen MR) is 122 cm³/mol. The van der Waals surface area contributed by atoms with Crippen LogP contribution in [0.25, 0.3) is 10.6 Å². The van der Waals surface area contributed by atoms with Crippen molar-refractivity contribution in [3.05, 3.63) is 76.8 Å². The molecule has 0 bridgehead atoms. The minimum absolute atomic E-state index is 0.0170. The number of hydrogen-bond donors (Lipinski definition) is 0. The molecule has 33 heavy (non-hydrogen) atoms. The molecule has 0 N–H and O–H groups in total. The van der Waals surface area contributed by atoms with Crippen molar-refractivity contribution in [2.24, 2.45) is 5.92 Å². The second-order valence-corrected chi connectivity index (χ2v) is 9.50. The standard InChI is InChI=1S/C25H24F3N3OS/c26-25(27,28)22-9-5-4-8-19(22)20-14-21(20)24(32)31-12-10-30(11-13-31)15-18-16-33-23(29-18)17-6-2-1-3-7-17/h1-9,16,20-21H,10-15H2. The third-order valence-corrected chi connectivity index (χ3v) is 7.36. The van der Waals surface area contributed by atoms with Gasteiger partial charge in [0.1, 0.15) is 5.01 Å². The molecule has 1 aliphatic heterocycles. The largest absolute Gasteiger partial charge is 0.416 e. The number of carbonyl (C=O) groups is 1. The molecule has 1 aromatic heterocycles. The maximum absolute atomic E-state index is 13.3. The minimum Gasteiger partial charge on any atom is -0.340 e. The topological polar surface area (TPSA) is 36.4 Å². The number of halogens is 3. The van der Waals surface area contributed by atoms with Crippen molar-refractivity contribution in [1.82, 2.24) is 14.8 Å². The fourth-order valence-corrected chi connectivity index (χ4v) is 5.39. The van der Waals surface area contributed by atoms with Crippen molar-refractivity contribution in [3.63, 3.8) is 0 Å². The van der Waals surface area contributed by atoms with E-state index in [1.807, 2.05) is 35.2 Å². The molecular weight excluding hydrogens is 447 g/mol. The fraction of sp³-hybridized carbons (Fsp3) is 0.360. The Morgan fingerprint density at radius 3 is 2.42 bits per heavy atom. The molecule has 1 saturated carbocycles. The average Bonchev–Trinajstić information content (AvgIpc) is 3.49. The van der Waals surface area contributed by atoms with Gasteiger partial charge in [-0.3, -0.25) is 9.69 Å². The lowest BCUT2D eigenvalue weighted by Gasteiger charge is -2.34. The van der Waals surface area contributed by atoms with E-state index in [0.29, 0.717) is 19.5 Å². The van der Waals surface area contributed by atoms with Gasteiger partial charge in [0, 0.05) is 49.6 Å². The highest BCUT2D eigenvalue weighted by atomic mass is 32.1. The van der Waals surface area contributed by atoms with Gasteiger partial charge in [0.25, 0.3) is 0 Å². The van der Waals surface area contributed by atoms with Gasteiger partial charge in [0.15, 0.2) is 0 Å². The molecule has 1 saturated heterocycles. The van der Waals surface area contributed by atoms with E-state index in [0.717, 1.165) is 42.0 Å². The van der Waals surface area contributed by atoms with Gasteiger partial charge < -0.3 is 4.90 Å². The first-order valence-corrected chi connectivity index (χ1v) is 11.9. The highest BCUT2D eigenvalue weighted by Crippen LogP contribution is 2.51. The van der Waals surface area contributed by atoms with Crippen molar-refractivity contribution in [2.45, 2.75) is 25.1 Å². The number of benzene rings is 2. The lowest BCUT2D eigenvalue weighted by atomic mass is 10.0. The van der Waals surface area contributed by atoms with E-state index in [1.165, 1.54) is 12.1 Å². The number of thiazole rings is 1. The van der Waals surface area contributed by atoms with Crippen LogP contribution in [-0.4, -0.2) is 46.9 Å². The van der Waals surface area contributed by atoms with Gasteiger partial charge >= 0.3 is 6.18 Å². The number of hydrogen-bond acceptors (Lipinski definition) is 4. The molecule has 2 aromatic carbocycles. The Bertz CT molecular complexity index is 1120. The number of carbonyl (C=O) groups excluding carboxylic acids is 1. The molecule has 2 aliphatic rings. The third kappa shape index (κ3) is 4.82. The predicted octanol–water partition coefficient (Wildman–Crippen LogP) is 5.28. The van der Waals surface area contributed by atoms with E-state index in [2.05, 4.69) is 10.3 Å². The maximum Gasteiger partial charge on any atom is 0.416 e. The van der Waals surface area contributed by atoms with Gasteiger partial charge in [0.2, 0.25) is 5.91 Å². The van der Waals surface area contributed by atoms with Crippen LogP contribution in [0, 0.1) is 5.92 Å². The summed E-state index contributed by atoms with van der Waals surface area (Å²) < 4.78 is 40.0. The molecule has 2 fully saturated rings. The van der Waals surface area contributed by atoms with Crippen molar-refractivity contribution in [2.75, 3.05) is 26.2 Å². The van der Waals surface area contributed by atoms with Gasteiger partial charge in [-0.1, -0.05) is 48.5 Å². The smallest absolute Gasteiger partial charge is 0.340 e. The van der Waals surface area contributed by atoms with Crippen LogP contribution in [0.4, 0.5) is 13.2 Å². The number of piperazine rings is 1. The zero-order valence-corrected chi connectivity index (χ0v) is 18.8. The number of alkyl halides is 3. The molecule has 4 nitrogen and oxygen atoms in total. The molecule has 5 rings (SSSR count). The normalized spacial score (nSPS) is 21.2. The van der Waals surface area contributed by atoms with Crippen LogP contribution in [0.5, 0.6) is 0 Å². The minimum atomic E-state index is -4.39. The van der Waals surface area contributed by atoms with E-state index in [-0.39, 0.29) is 23.3 Å². The summed E-state index contributed by atoms with van der Waals surface area (Å²) in [5.74, 6) is -0.691. The number of rotatable bonds is 5. The SMILES string of the molecule is O=C(C1CC1c1ccccc1C(F)(F)F)N1CCN(Cc2csc(-c3ccccc3)n2)CC1. The Labute approximate surface area is 194 Å². The lowest BCUT2D eigenvalue weighted by molar-refractivity contribution is -0.139. The van der Waals surface area contributed by atoms with Crippen molar-refractivity contribution < 1.29 is 18.0 Å². The number of aromatic nitrogens is 1. The molecule has 1 aliphatic carbocycles. The van der Waals surface area contributed by atoms with Crippen LogP contribution in [0.2, 0.25) is 0 Å². The molecule has 1 amide bonds. The summed E-state index contributed by atoms with van der Waals surface area (Å²) in [6.07, 6.45) is -3.90. The van der Waals surface area contributed by atoms with E-state index < -0.39 is 11.7 Å². The Hall–Kier alpha value is -2.71. The second kappa shape index (κ2) is 8.91. The first kappa shape index (κ1) is 22.1. The lowest BCUT2D eigenvalue weighted by Crippen LogP contribution is -2.48. The second-order valence-electron chi connectivity index (χ2n) is 8.65. The Balaban J connectivity index is 1.15. The molecule has 0 radical (unpaired) electrons. The van der Waals surface area contributed by atoms with Gasteiger partial charge in [-0.05, 0) is 24.0 Å². The summed E-state index contributed by atoms with van der Waals surface area (Å²) in [7, 11) is 0. The highest BCUT2D eigenvalue weighted by molar-refractivity contribution is 7.13. The first-order chi connectivity index (χ1) is 15.9. The van der Waals surface area contributed by atoms with Crippen LogP contribution in [0.1, 0.15) is 29.2 Å². The molecule has 172 valence electrons. The van der Waals surface area contributed by atoms with Crippen LogP contribution in [-0.2, 0) is 17.5 Å². The van der Waals surface area contributed by atoms with Gasteiger partial charge in [0.05, 0.1) is 11.3 Å². The molecule has 2 atom stereocenters. The van der Waals surface area contributed by atoms with Crippen LogP contribution in [0.3, 0.4) is 0 Å². The number of amides is 1. The summed E-state index contributed by atoms with van der Waals surface area (Å²) in [4.78, 5) is 21.8. The molecule has 3 aromatic rings. The van der Waals surface area contributed by atoms with Gasteiger partial charge in [-0.25, -0.2) is 4.98 Å². The van der Waals surface area contributed by atoms with Crippen LogP contribution < -0.4 is 0 Å². The molecule has 0 spiro atoms. The molecule has 2 unspecified atom stereocenters. The monoisotopic (exact) mass is 471 g/mol.